The Hall–Kier alpha value is -1.70. The van der Waals surface area contributed by atoms with E-state index in [1.807, 2.05) is 29.9 Å². The van der Waals surface area contributed by atoms with Crippen LogP contribution < -0.4 is 14.2 Å². The van der Waals surface area contributed by atoms with Gasteiger partial charge in [0.1, 0.15) is 0 Å². The zero-order chi connectivity index (χ0) is 28.3. The first kappa shape index (κ1) is 30.8. The Morgan fingerprint density at radius 1 is 1.13 bits per heavy atom. The zero-order valence-electron chi connectivity index (χ0n) is 19.7. The fourth-order valence-corrected chi connectivity index (χ4v) is 4.77. The lowest BCUT2D eigenvalue weighted by molar-refractivity contribution is -0.0500. The minimum absolute atomic E-state index is 0.185. The summed E-state index contributed by atoms with van der Waals surface area (Å²) in [5.41, 5.74) is -3.49. The lowest BCUT2D eigenvalue weighted by Crippen LogP contribution is -2.28. The maximum absolute atomic E-state index is 12.8. The number of aryl methyl sites for hydroxylation is 2. The Bertz CT molecular complexity index is 1570. The molecular formula is C22H18ClF3I2N4O4S2. The van der Waals surface area contributed by atoms with Gasteiger partial charge >= 0.3 is 15.6 Å². The average molecular weight is 813 g/mol. The molecule has 0 amide bonds. The third kappa shape index (κ3) is 6.89. The molecule has 0 radical (unpaired) electrons. The highest BCUT2D eigenvalue weighted by atomic mass is 128. The van der Waals surface area contributed by atoms with Gasteiger partial charge < -0.3 is 18.8 Å². The van der Waals surface area contributed by atoms with E-state index in [0.717, 1.165) is 16.1 Å². The molecule has 0 bridgehead atoms. The molecular weight excluding hydrogens is 795 g/mol. The number of methoxy groups -OCH3 is 1. The van der Waals surface area contributed by atoms with Crippen molar-refractivity contribution in [3.63, 3.8) is 0 Å². The third-order valence-corrected chi connectivity index (χ3v) is 7.55. The van der Waals surface area contributed by atoms with Crippen molar-refractivity contribution < 1.29 is 30.5 Å². The molecule has 0 fully saturated rings. The number of halogens is 6. The quantitative estimate of drug-likeness (QED) is 0.115. The summed E-state index contributed by atoms with van der Waals surface area (Å²) >= 11 is 12.1. The lowest BCUT2D eigenvalue weighted by Gasteiger charge is -2.17. The molecule has 2 aromatic carbocycles. The molecule has 0 saturated heterocycles. The van der Waals surface area contributed by atoms with E-state index >= 15 is 0 Å². The van der Waals surface area contributed by atoms with Gasteiger partial charge in [-0.25, -0.2) is 4.98 Å². The number of pyridine rings is 1. The Kier molecular flexibility index (Phi) is 10.3. The van der Waals surface area contributed by atoms with Crippen LogP contribution in [0.5, 0.6) is 11.5 Å². The number of imidazole rings is 1. The normalized spacial score (nSPS) is 11.6. The van der Waals surface area contributed by atoms with Crippen LogP contribution in [0.25, 0.3) is 10.9 Å². The standard InChI is InChI=1S/C22H18ClF3N4O4S2.I2/c1-12-11-28-16-10-18(34-36(31,32)22(24,25)26)17(33-3)9-14(16)20(12)29-13-4-5-19(15(23)8-13)35-21-27-6-7-30(21)2;1-2/h4-11H,1-3H3,(H,28,29);. The van der Waals surface area contributed by atoms with Gasteiger partial charge in [-0.2, -0.15) is 21.6 Å². The fourth-order valence-electron chi connectivity index (χ4n) is 3.21. The van der Waals surface area contributed by atoms with Crippen LogP contribution in [0.3, 0.4) is 0 Å². The molecule has 204 valence electrons. The molecule has 0 aliphatic heterocycles. The first-order valence-corrected chi connectivity index (χ1v) is 19.1. The van der Waals surface area contributed by atoms with Gasteiger partial charge in [-0.3, -0.25) is 4.98 Å². The number of hydrogen-bond acceptors (Lipinski definition) is 8. The number of alkyl halides is 3. The molecule has 8 nitrogen and oxygen atoms in total. The van der Waals surface area contributed by atoms with Crippen molar-refractivity contribution in [3.05, 3.63) is 59.5 Å². The number of ether oxygens (including phenoxy) is 1. The van der Waals surface area contributed by atoms with Crippen LogP contribution in [0.1, 0.15) is 5.56 Å². The van der Waals surface area contributed by atoms with Crippen LogP contribution in [-0.4, -0.2) is 35.6 Å². The van der Waals surface area contributed by atoms with Crippen molar-refractivity contribution in [2.75, 3.05) is 12.4 Å². The Balaban J connectivity index is 0.00000195. The number of benzene rings is 2. The number of anilines is 2. The van der Waals surface area contributed by atoms with Gasteiger partial charge in [0.2, 0.25) is 0 Å². The van der Waals surface area contributed by atoms with Crippen molar-refractivity contribution in [3.8, 4) is 11.5 Å². The summed E-state index contributed by atoms with van der Waals surface area (Å²) in [6.45, 7) is 1.78. The van der Waals surface area contributed by atoms with Crippen LogP contribution in [0.15, 0.2) is 59.0 Å². The maximum Gasteiger partial charge on any atom is 0.534 e. The van der Waals surface area contributed by atoms with Gasteiger partial charge in [0, 0.05) is 84.9 Å². The summed E-state index contributed by atoms with van der Waals surface area (Å²) in [7, 11) is -2.84. The molecule has 2 aromatic heterocycles. The van der Waals surface area contributed by atoms with Crippen molar-refractivity contribution in [1.29, 1.82) is 0 Å². The molecule has 38 heavy (non-hydrogen) atoms. The summed E-state index contributed by atoms with van der Waals surface area (Å²) in [5, 5.41) is 4.96. The van der Waals surface area contributed by atoms with Crippen LogP contribution in [0.4, 0.5) is 24.5 Å². The smallest absolute Gasteiger partial charge is 0.493 e. The van der Waals surface area contributed by atoms with Crippen LogP contribution in [0.2, 0.25) is 5.02 Å². The maximum atomic E-state index is 12.8. The molecule has 4 rings (SSSR count). The van der Waals surface area contributed by atoms with Gasteiger partial charge in [-0.15, -0.1) is 0 Å². The van der Waals surface area contributed by atoms with E-state index in [2.05, 4.69) is 56.7 Å². The van der Waals surface area contributed by atoms with Gasteiger partial charge in [-0.05, 0) is 36.8 Å². The molecule has 0 atom stereocenters. The highest BCUT2D eigenvalue weighted by Crippen LogP contribution is 2.40. The first-order valence-electron chi connectivity index (χ1n) is 10.2. The molecule has 0 unspecified atom stereocenters. The summed E-state index contributed by atoms with van der Waals surface area (Å²) in [5.74, 6) is -0.853. The Morgan fingerprint density at radius 2 is 1.84 bits per heavy atom. The Labute approximate surface area is 249 Å². The van der Waals surface area contributed by atoms with E-state index in [4.69, 9.17) is 16.3 Å². The van der Waals surface area contributed by atoms with E-state index in [9.17, 15) is 21.6 Å². The minimum Gasteiger partial charge on any atom is -0.493 e. The second-order valence-corrected chi connectivity index (χ2v) is 10.5. The lowest BCUT2D eigenvalue weighted by atomic mass is 10.1. The third-order valence-electron chi connectivity index (χ3n) is 5.01. The molecule has 16 heteroatoms. The molecule has 1 N–H and O–H groups in total. The van der Waals surface area contributed by atoms with E-state index in [-0.39, 0.29) is 11.3 Å². The van der Waals surface area contributed by atoms with Gasteiger partial charge in [0.15, 0.2) is 16.7 Å². The fraction of sp³-hybridized carbons (Fsp3) is 0.182. The molecule has 0 spiro atoms. The molecule has 0 saturated carbocycles. The minimum atomic E-state index is -5.90. The summed E-state index contributed by atoms with van der Waals surface area (Å²) < 4.78 is 72.7. The van der Waals surface area contributed by atoms with E-state index in [1.54, 1.807) is 19.2 Å². The van der Waals surface area contributed by atoms with Crippen molar-refractivity contribution >= 4 is 93.0 Å². The number of aromatic nitrogens is 3. The van der Waals surface area contributed by atoms with Crippen molar-refractivity contribution in [2.24, 2.45) is 7.05 Å². The molecule has 2 heterocycles. The van der Waals surface area contributed by atoms with Crippen LogP contribution >= 0.6 is 60.6 Å². The second-order valence-electron chi connectivity index (χ2n) is 7.51. The van der Waals surface area contributed by atoms with E-state index < -0.39 is 21.4 Å². The van der Waals surface area contributed by atoms with Crippen molar-refractivity contribution in [1.82, 2.24) is 14.5 Å². The molecule has 4 aromatic rings. The predicted molar refractivity (Wildman–Crippen MR) is 159 cm³/mol. The first-order chi connectivity index (χ1) is 17.9. The predicted octanol–water partition coefficient (Wildman–Crippen LogP) is 7.83. The molecule has 0 aliphatic carbocycles. The summed E-state index contributed by atoms with van der Waals surface area (Å²) in [4.78, 5) is 9.27. The highest BCUT2D eigenvalue weighted by molar-refractivity contribution is 15.0. The average Bonchev–Trinajstić information content (AvgIpc) is 3.27. The highest BCUT2D eigenvalue weighted by Gasteiger charge is 2.49. The Morgan fingerprint density at radius 3 is 2.42 bits per heavy atom. The summed E-state index contributed by atoms with van der Waals surface area (Å²) in [6, 6.07) is 7.79. The topological polar surface area (TPSA) is 95.3 Å². The monoisotopic (exact) mass is 812 g/mol. The van der Waals surface area contributed by atoms with Crippen LogP contribution in [-0.2, 0) is 17.2 Å². The van der Waals surface area contributed by atoms with Gasteiger partial charge in [0.05, 0.1) is 23.3 Å². The van der Waals surface area contributed by atoms with Gasteiger partial charge in [0.25, 0.3) is 0 Å². The SMILES string of the molecule is COc1cc2c(Nc3ccc(Sc4nccn4C)c(Cl)c3)c(C)cnc2cc1OS(=O)(=O)C(F)(F)F.II. The number of nitrogens with zero attached hydrogens (tertiary/aromatic N) is 3. The molecule has 0 aliphatic rings. The second kappa shape index (κ2) is 12.6. The van der Waals surface area contributed by atoms with Crippen LogP contribution in [0, 0.1) is 6.92 Å². The van der Waals surface area contributed by atoms with Gasteiger partial charge in [-0.1, -0.05) is 23.4 Å². The largest absolute Gasteiger partial charge is 0.534 e. The number of hydrogen-bond donors (Lipinski definition) is 1. The van der Waals surface area contributed by atoms with E-state index in [1.165, 1.54) is 31.1 Å². The van der Waals surface area contributed by atoms with E-state index in [0.29, 0.717) is 27.3 Å². The number of fused-ring (bicyclic) bond motifs is 1. The number of rotatable bonds is 7. The van der Waals surface area contributed by atoms with Crippen molar-refractivity contribution in [2.45, 2.75) is 22.5 Å². The number of nitrogens with one attached hydrogen (secondary N) is 1. The summed E-state index contributed by atoms with van der Waals surface area (Å²) in [6.07, 6.45) is 5.01. The zero-order valence-corrected chi connectivity index (χ0v) is 26.4.